The van der Waals surface area contributed by atoms with Crippen LogP contribution in [-0.2, 0) is 6.54 Å². The summed E-state index contributed by atoms with van der Waals surface area (Å²) in [5.41, 5.74) is 2.38. The van der Waals surface area contributed by atoms with Gasteiger partial charge in [-0.15, -0.1) is 0 Å². The molecule has 1 aliphatic rings. The van der Waals surface area contributed by atoms with Crippen LogP contribution in [0.15, 0.2) is 66.7 Å². The predicted molar refractivity (Wildman–Crippen MR) is 128 cm³/mol. The number of hydrogen-bond donors (Lipinski definition) is 1. The van der Waals surface area contributed by atoms with Crippen molar-refractivity contribution in [2.45, 2.75) is 13.0 Å². The van der Waals surface area contributed by atoms with Gasteiger partial charge in [0.2, 0.25) is 0 Å². The molecule has 7 nitrogen and oxygen atoms in total. The van der Waals surface area contributed by atoms with Crippen LogP contribution in [-0.4, -0.2) is 44.1 Å². The number of anilines is 2. The van der Waals surface area contributed by atoms with Crippen molar-refractivity contribution in [1.82, 2.24) is 4.90 Å². The van der Waals surface area contributed by atoms with E-state index in [-0.39, 0.29) is 17.8 Å². The van der Waals surface area contributed by atoms with Gasteiger partial charge in [0.25, 0.3) is 5.91 Å². The number of urea groups is 1. The van der Waals surface area contributed by atoms with E-state index >= 15 is 0 Å². The molecule has 1 saturated heterocycles. The zero-order valence-electron chi connectivity index (χ0n) is 19.1. The summed E-state index contributed by atoms with van der Waals surface area (Å²) in [7, 11) is 3.08. The fourth-order valence-corrected chi connectivity index (χ4v) is 3.92. The molecule has 8 heteroatoms. The largest absolute Gasteiger partial charge is 0.497 e. The third kappa shape index (κ3) is 5.11. The van der Waals surface area contributed by atoms with Gasteiger partial charge >= 0.3 is 6.03 Å². The lowest BCUT2D eigenvalue weighted by Gasteiger charge is -2.35. The molecule has 0 aromatic heterocycles. The van der Waals surface area contributed by atoms with Crippen molar-refractivity contribution in [3.8, 4) is 11.5 Å². The molecule has 0 atom stereocenters. The lowest BCUT2D eigenvalue weighted by atomic mass is 10.1. The maximum absolute atomic E-state index is 13.5. The van der Waals surface area contributed by atoms with E-state index in [1.54, 1.807) is 71.5 Å². The summed E-state index contributed by atoms with van der Waals surface area (Å²) >= 11 is 0. The SMILES string of the molecule is COc1ccc(OC)c(NC(=O)c2ccc(N3CCCN(Cc4cccc(F)c4)C3=O)cc2)c1. The molecular weight excluding hydrogens is 437 g/mol. The van der Waals surface area contributed by atoms with E-state index < -0.39 is 0 Å². The Hall–Kier alpha value is -4.07. The van der Waals surface area contributed by atoms with Crippen LogP contribution in [0.3, 0.4) is 0 Å². The number of methoxy groups -OCH3 is 2. The van der Waals surface area contributed by atoms with Gasteiger partial charge in [0.15, 0.2) is 0 Å². The molecule has 0 unspecified atom stereocenters. The van der Waals surface area contributed by atoms with Crippen molar-refractivity contribution in [3.63, 3.8) is 0 Å². The number of carbonyl (C=O) groups is 2. The molecule has 0 spiro atoms. The van der Waals surface area contributed by atoms with Crippen LogP contribution in [0.25, 0.3) is 0 Å². The fraction of sp³-hybridized carbons (Fsp3) is 0.231. The average Bonchev–Trinajstić information content (AvgIpc) is 2.85. The van der Waals surface area contributed by atoms with Crippen LogP contribution in [0.1, 0.15) is 22.3 Å². The highest BCUT2D eigenvalue weighted by molar-refractivity contribution is 6.05. The van der Waals surface area contributed by atoms with Crippen LogP contribution in [0.5, 0.6) is 11.5 Å². The topological polar surface area (TPSA) is 71.1 Å². The molecule has 0 radical (unpaired) electrons. The van der Waals surface area contributed by atoms with Crippen LogP contribution in [0.2, 0.25) is 0 Å². The molecular formula is C26H26FN3O4. The molecule has 1 aliphatic heterocycles. The second kappa shape index (κ2) is 10.2. The summed E-state index contributed by atoms with van der Waals surface area (Å²) in [5, 5.41) is 2.84. The quantitative estimate of drug-likeness (QED) is 0.540. The van der Waals surface area contributed by atoms with Gasteiger partial charge < -0.3 is 19.7 Å². The molecule has 176 valence electrons. The number of hydrogen-bond acceptors (Lipinski definition) is 4. The van der Waals surface area contributed by atoms with E-state index in [4.69, 9.17) is 9.47 Å². The zero-order valence-corrected chi connectivity index (χ0v) is 19.1. The number of benzene rings is 3. The van der Waals surface area contributed by atoms with Gasteiger partial charge in [0.05, 0.1) is 19.9 Å². The highest BCUT2D eigenvalue weighted by atomic mass is 19.1. The molecule has 1 fully saturated rings. The van der Waals surface area contributed by atoms with Crippen molar-refractivity contribution in [2.24, 2.45) is 0 Å². The Labute approximate surface area is 197 Å². The smallest absolute Gasteiger partial charge is 0.324 e. The number of amides is 3. The first-order chi connectivity index (χ1) is 16.5. The highest BCUT2D eigenvalue weighted by Gasteiger charge is 2.27. The van der Waals surface area contributed by atoms with Crippen molar-refractivity contribution in [1.29, 1.82) is 0 Å². The highest BCUT2D eigenvalue weighted by Crippen LogP contribution is 2.29. The Morgan fingerprint density at radius 2 is 1.79 bits per heavy atom. The summed E-state index contributed by atoms with van der Waals surface area (Å²) < 4.78 is 24.1. The number of carbonyl (C=O) groups excluding carboxylic acids is 2. The first-order valence-corrected chi connectivity index (χ1v) is 10.9. The van der Waals surface area contributed by atoms with Gasteiger partial charge in [-0.05, 0) is 60.5 Å². The maximum Gasteiger partial charge on any atom is 0.324 e. The summed E-state index contributed by atoms with van der Waals surface area (Å²) in [6, 6.07) is 18.1. The second-order valence-electron chi connectivity index (χ2n) is 7.91. The van der Waals surface area contributed by atoms with E-state index in [1.807, 2.05) is 0 Å². The van der Waals surface area contributed by atoms with E-state index in [0.717, 1.165) is 12.0 Å². The minimum absolute atomic E-state index is 0.145. The third-order valence-corrected chi connectivity index (χ3v) is 5.67. The minimum Gasteiger partial charge on any atom is -0.497 e. The molecule has 1 N–H and O–H groups in total. The summed E-state index contributed by atoms with van der Waals surface area (Å²) in [6.45, 7) is 1.52. The van der Waals surface area contributed by atoms with Crippen molar-refractivity contribution in [3.05, 3.63) is 83.7 Å². The summed E-state index contributed by atoms with van der Waals surface area (Å²) in [4.78, 5) is 29.2. The van der Waals surface area contributed by atoms with Crippen LogP contribution in [0, 0.1) is 5.82 Å². The zero-order chi connectivity index (χ0) is 24.1. The average molecular weight is 464 g/mol. The summed E-state index contributed by atoms with van der Waals surface area (Å²) in [5.74, 6) is 0.482. The lowest BCUT2D eigenvalue weighted by molar-refractivity contribution is 0.102. The third-order valence-electron chi connectivity index (χ3n) is 5.67. The van der Waals surface area contributed by atoms with Crippen molar-refractivity contribution >= 4 is 23.3 Å². The number of rotatable bonds is 7. The summed E-state index contributed by atoms with van der Waals surface area (Å²) in [6.07, 6.45) is 0.791. The Bertz CT molecular complexity index is 1180. The molecule has 0 bridgehead atoms. The van der Waals surface area contributed by atoms with E-state index in [9.17, 15) is 14.0 Å². The lowest BCUT2D eigenvalue weighted by Crippen LogP contribution is -2.49. The second-order valence-corrected chi connectivity index (χ2v) is 7.91. The van der Waals surface area contributed by atoms with Gasteiger partial charge in [-0.1, -0.05) is 12.1 Å². The monoisotopic (exact) mass is 463 g/mol. The van der Waals surface area contributed by atoms with E-state index in [2.05, 4.69) is 5.32 Å². The molecule has 3 aromatic carbocycles. The molecule has 3 amide bonds. The standard InChI is InChI=1S/C26H26FN3O4/c1-33-22-11-12-24(34-2)23(16-22)28-25(31)19-7-9-21(10-8-19)30-14-4-13-29(26(30)32)17-18-5-3-6-20(27)15-18/h3,5-12,15-16H,4,13-14,17H2,1-2H3,(H,28,31). The predicted octanol–water partition coefficient (Wildman–Crippen LogP) is 4.93. The first kappa shape index (κ1) is 23.1. The van der Waals surface area contributed by atoms with Crippen molar-refractivity contribution in [2.75, 3.05) is 37.5 Å². The van der Waals surface area contributed by atoms with Crippen LogP contribution >= 0.6 is 0 Å². The van der Waals surface area contributed by atoms with E-state index in [1.165, 1.54) is 19.2 Å². The number of halogens is 1. The Morgan fingerprint density at radius 1 is 1.00 bits per heavy atom. The number of ether oxygens (including phenoxy) is 2. The molecule has 1 heterocycles. The molecule has 3 aromatic rings. The van der Waals surface area contributed by atoms with Crippen molar-refractivity contribution < 1.29 is 23.5 Å². The van der Waals surface area contributed by atoms with Gasteiger partial charge in [-0.3, -0.25) is 9.69 Å². The Balaban J connectivity index is 1.45. The van der Waals surface area contributed by atoms with Gasteiger partial charge in [0, 0.05) is 37.0 Å². The van der Waals surface area contributed by atoms with E-state index in [0.29, 0.717) is 48.1 Å². The molecule has 0 saturated carbocycles. The van der Waals surface area contributed by atoms with Crippen LogP contribution < -0.4 is 19.7 Å². The van der Waals surface area contributed by atoms with Gasteiger partial charge in [0.1, 0.15) is 17.3 Å². The van der Waals surface area contributed by atoms with Crippen LogP contribution in [0.4, 0.5) is 20.6 Å². The molecule has 34 heavy (non-hydrogen) atoms. The number of nitrogens with zero attached hydrogens (tertiary/aromatic N) is 2. The molecule has 4 rings (SSSR count). The van der Waals surface area contributed by atoms with Gasteiger partial charge in [-0.25, -0.2) is 9.18 Å². The Kier molecular flexibility index (Phi) is 6.96. The first-order valence-electron chi connectivity index (χ1n) is 10.9. The maximum atomic E-state index is 13.5. The fourth-order valence-electron chi connectivity index (χ4n) is 3.92. The Morgan fingerprint density at radius 3 is 2.50 bits per heavy atom. The minimum atomic E-state index is -0.320. The normalized spacial score (nSPS) is 13.6. The molecule has 0 aliphatic carbocycles. The van der Waals surface area contributed by atoms with Gasteiger partial charge in [-0.2, -0.15) is 0 Å². The number of nitrogens with one attached hydrogen (secondary N) is 1.